The molecule has 3 aromatic rings. The zero-order valence-electron chi connectivity index (χ0n) is 13.2. The molecule has 0 fully saturated rings. The smallest absolute Gasteiger partial charge is 0.300 e. The van der Waals surface area contributed by atoms with E-state index in [1.54, 1.807) is 38.2 Å². The molecule has 0 aliphatic rings. The number of methoxy groups -OCH3 is 2. The van der Waals surface area contributed by atoms with E-state index in [-0.39, 0.29) is 5.91 Å². The highest BCUT2D eigenvalue weighted by atomic mass is 32.1. The van der Waals surface area contributed by atoms with Gasteiger partial charge in [-0.25, -0.2) is 0 Å². The van der Waals surface area contributed by atoms with Crippen LogP contribution in [0, 0.1) is 0 Å². The van der Waals surface area contributed by atoms with Gasteiger partial charge in [0.15, 0.2) is 10.5 Å². The summed E-state index contributed by atoms with van der Waals surface area (Å²) in [5, 5.41) is 4.08. The van der Waals surface area contributed by atoms with Gasteiger partial charge in [-0.15, -0.1) is 0 Å². The molecule has 2 aromatic heterocycles. The summed E-state index contributed by atoms with van der Waals surface area (Å²) in [6.07, 6.45) is 1.71. The molecule has 3 rings (SSSR count). The van der Waals surface area contributed by atoms with Crippen LogP contribution in [0.1, 0.15) is 10.5 Å². The van der Waals surface area contributed by atoms with Crippen molar-refractivity contribution in [3.05, 3.63) is 34.9 Å². The summed E-state index contributed by atoms with van der Waals surface area (Å²) in [5.41, 5.74) is 1.15. The maximum absolute atomic E-state index is 12.3. The highest BCUT2D eigenvalue weighted by Gasteiger charge is 2.15. The Kier molecular flexibility index (Phi) is 3.91. The SMILES string of the molecule is COc1ccc(OC)c2c1sc(=NC(=O)c1ccn(C)n1)n2C. The fraction of sp³-hybridized carbons (Fsp3) is 0.267. The molecule has 0 bridgehead atoms. The second-order valence-electron chi connectivity index (χ2n) is 4.88. The Bertz CT molecular complexity index is 951. The van der Waals surface area contributed by atoms with E-state index in [9.17, 15) is 4.79 Å². The number of nitrogens with zero attached hydrogens (tertiary/aromatic N) is 4. The van der Waals surface area contributed by atoms with Crippen molar-refractivity contribution in [2.45, 2.75) is 0 Å². The van der Waals surface area contributed by atoms with Gasteiger partial charge in [-0.2, -0.15) is 10.1 Å². The first-order valence-electron chi connectivity index (χ1n) is 6.84. The number of amides is 1. The van der Waals surface area contributed by atoms with E-state index in [1.165, 1.54) is 11.3 Å². The predicted octanol–water partition coefficient (Wildman–Crippen LogP) is 1.73. The number of carbonyl (C=O) groups is 1. The average Bonchev–Trinajstić information content (AvgIpc) is 3.11. The fourth-order valence-electron chi connectivity index (χ4n) is 2.30. The van der Waals surface area contributed by atoms with Crippen LogP contribution in [0.2, 0.25) is 0 Å². The van der Waals surface area contributed by atoms with Crippen molar-refractivity contribution < 1.29 is 14.3 Å². The van der Waals surface area contributed by atoms with Crippen molar-refractivity contribution in [3.8, 4) is 11.5 Å². The predicted molar refractivity (Wildman–Crippen MR) is 87.0 cm³/mol. The first-order valence-corrected chi connectivity index (χ1v) is 7.66. The Morgan fingerprint density at radius 1 is 1.17 bits per heavy atom. The molecule has 120 valence electrons. The zero-order chi connectivity index (χ0) is 16.6. The largest absolute Gasteiger partial charge is 0.495 e. The molecule has 0 aliphatic carbocycles. The van der Waals surface area contributed by atoms with Crippen molar-refractivity contribution in [1.29, 1.82) is 0 Å². The van der Waals surface area contributed by atoms with E-state index in [0.717, 1.165) is 10.2 Å². The second kappa shape index (κ2) is 5.88. The first kappa shape index (κ1) is 15.3. The number of carbonyl (C=O) groups excluding carboxylic acids is 1. The number of thiazole rings is 1. The van der Waals surface area contributed by atoms with Gasteiger partial charge in [0.2, 0.25) is 0 Å². The maximum Gasteiger partial charge on any atom is 0.300 e. The molecule has 0 saturated heterocycles. The first-order chi connectivity index (χ1) is 11.0. The molecule has 23 heavy (non-hydrogen) atoms. The monoisotopic (exact) mass is 332 g/mol. The molecule has 0 unspecified atom stereocenters. The number of benzene rings is 1. The number of fused-ring (bicyclic) bond motifs is 1. The summed E-state index contributed by atoms with van der Waals surface area (Å²) >= 11 is 1.37. The fourth-order valence-corrected chi connectivity index (χ4v) is 3.43. The van der Waals surface area contributed by atoms with Crippen LogP contribution in [-0.4, -0.2) is 34.5 Å². The van der Waals surface area contributed by atoms with Crippen molar-refractivity contribution in [2.75, 3.05) is 14.2 Å². The third kappa shape index (κ3) is 2.61. The van der Waals surface area contributed by atoms with Gasteiger partial charge in [-0.3, -0.25) is 9.48 Å². The minimum Gasteiger partial charge on any atom is -0.495 e. The average molecular weight is 332 g/mol. The van der Waals surface area contributed by atoms with Crippen molar-refractivity contribution in [2.24, 2.45) is 19.1 Å². The zero-order valence-corrected chi connectivity index (χ0v) is 14.0. The van der Waals surface area contributed by atoms with Gasteiger partial charge < -0.3 is 14.0 Å². The second-order valence-corrected chi connectivity index (χ2v) is 5.86. The van der Waals surface area contributed by atoms with Gasteiger partial charge >= 0.3 is 0 Å². The van der Waals surface area contributed by atoms with E-state index in [0.29, 0.717) is 22.0 Å². The van der Waals surface area contributed by atoms with Gasteiger partial charge in [0, 0.05) is 20.3 Å². The van der Waals surface area contributed by atoms with Gasteiger partial charge in [0.05, 0.1) is 14.2 Å². The summed E-state index contributed by atoms with van der Waals surface area (Å²) in [5.74, 6) is 1.03. The third-order valence-corrected chi connectivity index (χ3v) is 4.59. The van der Waals surface area contributed by atoms with Gasteiger partial charge in [0.25, 0.3) is 5.91 Å². The highest BCUT2D eigenvalue weighted by molar-refractivity contribution is 7.16. The van der Waals surface area contributed by atoms with Crippen LogP contribution in [0.3, 0.4) is 0 Å². The Morgan fingerprint density at radius 2 is 1.87 bits per heavy atom. The lowest BCUT2D eigenvalue weighted by Gasteiger charge is -2.06. The molecule has 1 amide bonds. The van der Waals surface area contributed by atoms with E-state index < -0.39 is 0 Å². The number of hydrogen-bond acceptors (Lipinski definition) is 5. The maximum atomic E-state index is 12.3. The van der Waals surface area contributed by atoms with E-state index in [4.69, 9.17) is 9.47 Å². The standard InChI is InChI=1S/C15H16N4O3S/c1-18-8-7-9(17-18)14(20)16-15-19(2)12-10(21-3)5-6-11(22-4)13(12)23-15/h5-8H,1-4H3. The molecular formula is C15H16N4O3S. The van der Waals surface area contributed by atoms with Crippen LogP contribution in [0.25, 0.3) is 10.2 Å². The molecule has 2 heterocycles. The summed E-state index contributed by atoms with van der Waals surface area (Å²) in [4.78, 5) is 17.0. The molecule has 8 heteroatoms. The molecule has 0 N–H and O–H groups in total. The molecular weight excluding hydrogens is 316 g/mol. The minimum absolute atomic E-state index is 0.309. The van der Waals surface area contributed by atoms with E-state index in [1.807, 2.05) is 23.7 Å². The molecule has 1 aromatic carbocycles. The van der Waals surface area contributed by atoms with Gasteiger partial charge in [-0.05, 0) is 18.2 Å². The van der Waals surface area contributed by atoms with Gasteiger partial charge in [-0.1, -0.05) is 11.3 Å². The topological polar surface area (TPSA) is 70.6 Å². The summed E-state index contributed by atoms with van der Waals surface area (Å²) in [6.45, 7) is 0. The minimum atomic E-state index is -0.384. The molecule has 0 spiro atoms. The Labute approximate surface area is 136 Å². The van der Waals surface area contributed by atoms with Crippen LogP contribution < -0.4 is 14.3 Å². The molecule has 7 nitrogen and oxygen atoms in total. The van der Waals surface area contributed by atoms with Crippen LogP contribution in [-0.2, 0) is 14.1 Å². The molecule has 0 radical (unpaired) electrons. The number of rotatable bonds is 3. The van der Waals surface area contributed by atoms with Crippen LogP contribution in [0.5, 0.6) is 11.5 Å². The summed E-state index contributed by atoms with van der Waals surface area (Å²) in [6, 6.07) is 5.31. The number of aromatic nitrogens is 3. The summed E-state index contributed by atoms with van der Waals surface area (Å²) < 4.78 is 15.1. The number of ether oxygens (including phenoxy) is 2. The molecule has 0 saturated carbocycles. The highest BCUT2D eigenvalue weighted by Crippen LogP contribution is 2.34. The molecule has 0 aliphatic heterocycles. The van der Waals surface area contributed by atoms with Crippen molar-refractivity contribution in [1.82, 2.24) is 14.3 Å². The Morgan fingerprint density at radius 3 is 2.48 bits per heavy atom. The normalized spacial score (nSPS) is 11.9. The van der Waals surface area contributed by atoms with Crippen molar-refractivity contribution in [3.63, 3.8) is 0 Å². The van der Waals surface area contributed by atoms with Gasteiger partial charge in [0.1, 0.15) is 21.7 Å². The summed E-state index contributed by atoms with van der Waals surface area (Å²) in [7, 11) is 6.81. The van der Waals surface area contributed by atoms with E-state index >= 15 is 0 Å². The number of hydrogen-bond donors (Lipinski definition) is 0. The van der Waals surface area contributed by atoms with Crippen molar-refractivity contribution >= 4 is 27.5 Å². The number of aryl methyl sites for hydroxylation is 2. The quantitative estimate of drug-likeness (QED) is 0.732. The van der Waals surface area contributed by atoms with E-state index in [2.05, 4.69) is 10.1 Å². The lowest BCUT2D eigenvalue weighted by atomic mass is 10.3. The third-order valence-electron chi connectivity index (χ3n) is 3.44. The van der Waals surface area contributed by atoms with Crippen LogP contribution in [0.4, 0.5) is 0 Å². The van der Waals surface area contributed by atoms with Crippen LogP contribution >= 0.6 is 11.3 Å². The van der Waals surface area contributed by atoms with Crippen LogP contribution in [0.15, 0.2) is 29.4 Å². The lowest BCUT2D eigenvalue weighted by molar-refractivity contribution is 0.0992. The Hall–Kier alpha value is -2.61. The molecule has 0 atom stereocenters. The Balaban J connectivity index is 2.20. The lowest BCUT2D eigenvalue weighted by Crippen LogP contribution is -2.14.